The van der Waals surface area contributed by atoms with E-state index < -0.39 is 0 Å². The highest BCUT2D eigenvalue weighted by molar-refractivity contribution is 6.28. The Hall–Kier alpha value is -0.480. The molecule has 60 valence electrons. The highest BCUT2D eigenvalue weighted by Crippen LogP contribution is 1.81. The molecule has 0 aliphatic heterocycles. The molecule has 10 heavy (non-hydrogen) atoms. The molecule has 0 rings (SSSR count). The van der Waals surface area contributed by atoms with Crippen molar-refractivity contribution >= 4 is 35.7 Å². The minimum absolute atomic E-state index is 0. The van der Waals surface area contributed by atoms with Gasteiger partial charge in [0.2, 0.25) is 5.96 Å². The number of alkyl halides is 1. The van der Waals surface area contributed by atoms with Crippen LogP contribution in [0.15, 0.2) is 10.2 Å². The molecular formula is C4H10Cl2N4. The van der Waals surface area contributed by atoms with E-state index in [9.17, 15) is 0 Å². The fraction of sp³-hybridized carbons (Fsp3) is 0.500. The molecule has 0 radical (unpaired) electrons. The van der Waals surface area contributed by atoms with E-state index in [1.165, 1.54) is 0 Å². The maximum Gasteiger partial charge on any atom is 0.211 e. The van der Waals surface area contributed by atoms with Gasteiger partial charge in [-0.25, -0.2) is 0 Å². The van der Waals surface area contributed by atoms with Crippen LogP contribution in [0.3, 0.4) is 0 Å². The zero-order valence-corrected chi connectivity index (χ0v) is 7.11. The lowest BCUT2D eigenvalue weighted by Crippen LogP contribution is -2.22. The molecule has 0 aliphatic carbocycles. The SMILES string of the molecule is C/C(CCl)=N/N=C(N)N.Cl. The Morgan fingerprint density at radius 2 is 1.90 bits per heavy atom. The fourth-order valence-corrected chi connectivity index (χ4v) is 0.223. The summed E-state index contributed by atoms with van der Waals surface area (Å²) in [6.07, 6.45) is 0. The Morgan fingerprint density at radius 3 is 2.20 bits per heavy atom. The van der Waals surface area contributed by atoms with Crippen LogP contribution < -0.4 is 11.5 Å². The van der Waals surface area contributed by atoms with E-state index in [4.69, 9.17) is 23.1 Å². The lowest BCUT2D eigenvalue weighted by molar-refractivity contribution is 1.19. The van der Waals surface area contributed by atoms with Gasteiger partial charge < -0.3 is 11.5 Å². The van der Waals surface area contributed by atoms with Gasteiger partial charge in [-0.3, -0.25) is 0 Å². The van der Waals surface area contributed by atoms with Crippen LogP contribution in [0.2, 0.25) is 0 Å². The molecule has 6 heteroatoms. The molecule has 4 N–H and O–H groups in total. The average molecular weight is 185 g/mol. The Labute approximate surface area is 70.7 Å². The Balaban J connectivity index is 0. The van der Waals surface area contributed by atoms with Crippen LogP contribution >= 0.6 is 24.0 Å². The predicted octanol–water partition coefficient (Wildman–Crippen LogP) is 0.296. The first-order valence-corrected chi connectivity index (χ1v) is 2.88. The van der Waals surface area contributed by atoms with Crippen molar-refractivity contribution in [2.24, 2.45) is 21.7 Å². The minimum Gasteiger partial charge on any atom is -0.369 e. The quantitative estimate of drug-likeness (QED) is 0.281. The van der Waals surface area contributed by atoms with Crippen LogP contribution in [0.25, 0.3) is 0 Å². The van der Waals surface area contributed by atoms with Crippen molar-refractivity contribution < 1.29 is 0 Å². The second-order valence-corrected chi connectivity index (χ2v) is 1.76. The van der Waals surface area contributed by atoms with E-state index in [0.29, 0.717) is 11.6 Å². The third kappa shape index (κ3) is 7.52. The molecular weight excluding hydrogens is 175 g/mol. The number of halogens is 2. The molecule has 0 atom stereocenters. The molecule has 0 amide bonds. The van der Waals surface area contributed by atoms with Crippen molar-refractivity contribution in [2.75, 3.05) is 5.88 Å². The predicted molar refractivity (Wildman–Crippen MR) is 46.9 cm³/mol. The lowest BCUT2D eigenvalue weighted by atomic mass is 10.5. The number of nitrogens with two attached hydrogens (primary N) is 2. The van der Waals surface area contributed by atoms with Crippen molar-refractivity contribution in [3.05, 3.63) is 0 Å². The number of hydrogen-bond acceptors (Lipinski definition) is 2. The second kappa shape index (κ2) is 6.64. The summed E-state index contributed by atoms with van der Waals surface area (Å²) in [5.41, 5.74) is 10.6. The smallest absolute Gasteiger partial charge is 0.211 e. The van der Waals surface area contributed by atoms with Gasteiger partial charge in [-0.1, -0.05) is 0 Å². The van der Waals surface area contributed by atoms with E-state index in [2.05, 4.69) is 10.2 Å². The second-order valence-electron chi connectivity index (χ2n) is 1.49. The highest BCUT2D eigenvalue weighted by Gasteiger charge is 1.83. The van der Waals surface area contributed by atoms with Gasteiger partial charge in [0.1, 0.15) is 0 Å². The van der Waals surface area contributed by atoms with E-state index in [1.807, 2.05) is 0 Å². The summed E-state index contributed by atoms with van der Waals surface area (Å²) in [5, 5.41) is 6.94. The van der Waals surface area contributed by atoms with Crippen molar-refractivity contribution in [3.63, 3.8) is 0 Å². The molecule has 0 unspecified atom stereocenters. The van der Waals surface area contributed by atoms with Gasteiger partial charge in [0.15, 0.2) is 0 Å². The largest absolute Gasteiger partial charge is 0.369 e. The fourth-order valence-electron chi connectivity index (χ4n) is 0.170. The van der Waals surface area contributed by atoms with Crippen molar-refractivity contribution in [2.45, 2.75) is 6.92 Å². The number of guanidine groups is 1. The zero-order valence-electron chi connectivity index (χ0n) is 5.54. The summed E-state index contributed by atoms with van der Waals surface area (Å²) in [6.45, 7) is 1.74. The maximum absolute atomic E-state index is 5.35. The molecule has 0 fully saturated rings. The molecule has 0 saturated heterocycles. The van der Waals surface area contributed by atoms with E-state index in [0.717, 1.165) is 0 Å². The van der Waals surface area contributed by atoms with Crippen LogP contribution in [0.1, 0.15) is 6.92 Å². The molecule has 0 aromatic carbocycles. The molecule has 4 nitrogen and oxygen atoms in total. The van der Waals surface area contributed by atoms with Gasteiger partial charge in [0.25, 0.3) is 0 Å². The molecule has 0 spiro atoms. The average Bonchev–Trinajstić information content (AvgIpc) is 1.83. The number of rotatable bonds is 2. The van der Waals surface area contributed by atoms with Gasteiger partial charge in [-0.2, -0.15) is 5.10 Å². The highest BCUT2D eigenvalue weighted by atomic mass is 35.5. The van der Waals surface area contributed by atoms with Gasteiger partial charge in [0, 0.05) is 0 Å². The zero-order chi connectivity index (χ0) is 7.28. The van der Waals surface area contributed by atoms with Crippen molar-refractivity contribution in [3.8, 4) is 0 Å². The van der Waals surface area contributed by atoms with E-state index >= 15 is 0 Å². The minimum atomic E-state index is -0.0560. The summed E-state index contributed by atoms with van der Waals surface area (Å²) >= 11 is 5.35. The third-order valence-corrected chi connectivity index (χ3v) is 0.916. The first-order chi connectivity index (χ1) is 4.16. The summed E-state index contributed by atoms with van der Waals surface area (Å²) in [4.78, 5) is 0. The van der Waals surface area contributed by atoms with Crippen LogP contribution in [0.5, 0.6) is 0 Å². The third-order valence-electron chi connectivity index (χ3n) is 0.530. The maximum atomic E-state index is 5.35. The van der Waals surface area contributed by atoms with Gasteiger partial charge in [-0.05, 0) is 6.92 Å². The number of nitrogens with zero attached hydrogens (tertiary/aromatic N) is 2. The topological polar surface area (TPSA) is 76.8 Å². The summed E-state index contributed by atoms with van der Waals surface area (Å²) < 4.78 is 0. The van der Waals surface area contributed by atoms with Crippen molar-refractivity contribution in [1.29, 1.82) is 0 Å². The van der Waals surface area contributed by atoms with Crippen molar-refractivity contribution in [1.82, 2.24) is 0 Å². The summed E-state index contributed by atoms with van der Waals surface area (Å²) in [6, 6.07) is 0. The summed E-state index contributed by atoms with van der Waals surface area (Å²) in [7, 11) is 0. The van der Waals surface area contributed by atoms with Gasteiger partial charge >= 0.3 is 0 Å². The Kier molecular flexibility index (Phi) is 8.11. The van der Waals surface area contributed by atoms with Gasteiger partial charge in [-0.15, -0.1) is 29.1 Å². The van der Waals surface area contributed by atoms with Gasteiger partial charge in [0.05, 0.1) is 11.6 Å². The van der Waals surface area contributed by atoms with E-state index in [-0.39, 0.29) is 18.4 Å². The molecule has 0 aromatic rings. The van der Waals surface area contributed by atoms with Crippen LogP contribution in [0.4, 0.5) is 0 Å². The normalized spacial score (nSPS) is 10.0. The molecule has 0 saturated carbocycles. The summed E-state index contributed by atoms with van der Waals surface area (Å²) in [5.74, 6) is 0.288. The molecule has 0 aliphatic rings. The van der Waals surface area contributed by atoms with Crippen LogP contribution in [-0.2, 0) is 0 Å². The van der Waals surface area contributed by atoms with Crippen LogP contribution in [-0.4, -0.2) is 17.6 Å². The number of hydrogen-bond donors (Lipinski definition) is 2. The molecule has 0 heterocycles. The molecule has 0 aromatic heterocycles. The first kappa shape index (κ1) is 12.2. The molecule has 0 bridgehead atoms. The lowest BCUT2D eigenvalue weighted by Gasteiger charge is -1.87. The Morgan fingerprint density at radius 1 is 1.40 bits per heavy atom. The Bertz CT molecular complexity index is 138. The monoisotopic (exact) mass is 184 g/mol. The first-order valence-electron chi connectivity index (χ1n) is 2.35. The standard InChI is InChI=1S/C4H9ClN4.ClH/c1-3(2-5)8-9-4(6)7;/h2H2,1H3,(H4,6,7,9);1H/b8-3-;. The van der Waals surface area contributed by atoms with Crippen LogP contribution in [0, 0.1) is 0 Å². The van der Waals surface area contributed by atoms with E-state index in [1.54, 1.807) is 6.92 Å².